The molecule has 0 fully saturated rings. The molecule has 0 spiro atoms. The third-order valence-electron chi connectivity index (χ3n) is 6.15. The molecule has 0 saturated carbocycles. The Morgan fingerprint density at radius 3 is 1.95 bits per heavy atom. The van der Waals surface area contributed by atoms with Crippen molar-refractivity contribution in [2.75, 3.05) is 32.0 Å². The summed E-state index contributed by atoms with van der Waals surface area (Å²) >= 11 is 1.36. The van der Waals surface area contributed by atoms with Gasteiger partial charge in [0.15, 0.2) is 11.5 Å². The van der Waals surface area contributed by atoms with Gasteiger partial charge in [-0.2, -0.15) is 4.72 Å². The Kier molecular flexibility index (Phi) is 8.37. The summed E-state index contributed by atoms with van der Waals surface area (Å²) in [5, 5.41) is 16.6. The molecule has 0 radical (unpaired) electrons. The molecule has 13 heteroatoms. The van der Waals surface area contributed by atoms with Crippen LogP contribution < -0.4 is 29.6 Å². The summed E-state index contributed by atoms with van der Waals surface area (Å²) in [6.07, 6.45) is 0. The molecule has 4 N–H and O–H groups in total. The highest BCUT2D eigenvalue weighted by molar-refractivity contribution is 7.89. The number of carbonyl (C=O) groups excluding carboxylic acids is 1. The Balaban J connectivity index is 1.57. The fourth-order valence-corrected chi connectivity index (χ4v) is 6.78. The van der Waals surface area contributed by atoms with Crippen LogP contribution in [0.2, 0.25) is 0 Å². The molecule has 0 unspecified atom stereocenters. The lowest BCUT2D eigenvalue weighted by molar-refractivity contribution is -0.140. The van der Waals surface area contributed by atoms with Crippen molar-refractivity contribution in [3.63, 3.8) is 0 Å². The zero-order valence-corrected chi connectivity index (χ0v) is 24.0. The molecule has 0 saturated heterocycles. The van der Waals surface area contributed by atoms with E-state index >= 15 is 0 Å². The van der Waals surface area contributed by atoms with Crippen LogP contribution in [0.25, 0.3) is 20.2 Å². The molecule has 0 bridgehead atoms. The first-order valence-electron chi connectivity index (χ1n) is 12.1. The van der Waals surface area contributed by atoms with Crippen molar-refractivity contribution in [3.05, 3.63) is 48.5 Å². The highest BCUT2D eigenvalue weighted by Gasteiger charge is 2.28. The van der Waals surface area contributed by atoms with Crippen molar-refractivity contribution in [2.24, 2.45) is 5.92 Å². The standard InChI is InChI=1S/C27H29N3O8S2/c1-14(2)24(26(31)32)30-40(34,35)17-7-9-19-18-8-6-15(12-22(18)39-23(19)13-17)28-27(33)29-16-10-20(36-3)25(38-5)21(11-16)37-4/h6-14,24,30H,1-5H3,(H,31,32)(H2,28,29,33)/t24-/m0/s1. The summed E-state index contributed by atoms with van der Waals surface area (Å²) in [6, 6.07) is 11.5. The average Bonchev–Trinajstić information content (AvgIpc) is 3.27. The molecule has 0 aliphatic heterocycles. The van der Waals surface area contributed by atoms with Crippen molar-refractivity contribution in [3.8, 4) is 17.2 Å². The van der Waals surface area contributed by atoms with E-state index in [-0.39, 0.29) is 4.90 Å². The third-order valence-corrected chi connectivity index (χ3v) is 8.70. The minimum Gasteiger partial charge on any atom is -0.493 e. The quantitative estimate of drug-likeness (QED) is 0.200. The van der Waals surface area contributed by atoms with E-state index in [1.807, 2.05) is 6.07 Å². The van der Waals surface area contributed by atoms with Crippen molar-refractivity contribution in [2.45, 2.75) is 24.8 Å². The van der Waals surface area contributed by atoms with Gasteiger partial charge in [0.2, 0.25) is 15.8 Å². The molecule has 4 rings (SSSR count). The number of hydrogen-bond donors (Lipinski definition) is 4. The zero-order chi connectivity index (χ0) is 29.2. The SMILES string of the molecule is COc1cc(NC(=O)Nc2ccc3c(c2)sc2cc(S(=O)(=O)N[C@H](C(=O)O)C(C)C)ccc23)cc(OC)c1OC. The number of sulfonamides is 1. The average molecular weight is 588 g/mol. The Hall–Kier alpha value is -4.07. The molecule has 11 nitrogen and oxygen atoms in total. The number of carboxylic acid groups (broad SMARTS) is 1. The van der Waals surface area contributed by atoms with Gasteiger partial charge in [-0.25, -0.2) is 13.2 Å². The molecule has 1 atom stereocenters. The third kappa shape index (κ3) is 5.91. The van der Waals surface area contributed by atoms with Crippen LogP contribution in [0.5, 0.6) is 17.2 Å². The van der Waals surface area contributed by atoms with Crippen LogP contribution in [-0.4, -0.2) is 52.9 Å². The lowest BCUT2D eigenvalue weighted by Crippen LogP contribution is -2.44. The lowest BCUT2D eigenvalue weighted by atomic mass is 10.1. The first-order chi connectivity index (χ1) is 19.0. The summed E-state index contributed by atoms with van der Waals surface area (Å²) in [5.74, 6) is -0.487. The van der Waals surface area contributed by atoms with Gasteiger partial charge >= 0.3 is 12.0 Å². The number of anilines is 2. The van der Waals surface area contributed by atoms with Crippen LogP contribution >= 0.6 is 11.3 Å². The number of carbonyl (C=O) groups is 2. The number of hydrogen-bond acceptors (Lipinski definition) is 8. The van der Waals surface area contributed by atoms with Crippen molar-refractivity contribution < 1.29 is 37.3 Å². The van der Waals surface area contributed by atoms with Gasteiger partial charge in [0, 0.05) is 38.0 Å². The Bertz CT molecular complexity index is 1670. The number of aliphatic carboxylic acids is 1. The van der Waals surface area contributed by atoms with Crippen molar-refractivity contribution in [1.29, 1.82) is 0 Å². The van der Waals surface area contributed by atoms with Gasteiger partial charge in [0.05, 0.1) is 31.9 Å². The fraction of sp³-hybridized carbons (Fsp3) is 0.259. The lowest BCUT2D eigenvalue weighted by Gasteiger charge is -2.18. The summed E-state index contributed by atoms with van der Waals surface area (Å²) in [6.45, 7) is 3.26. The largest absolute Gasteiger partial charge is 0.493 e. The molecule has 1 heterocycles. The van der Waals surface area contributed by atoms with E-state index in [1.165, 1.54) is 44.8 Å². The second-order valence-electron chi connectivity index (χ2n) is 9.15. The number of urea groups is 1. The number of benzene rings is 3. The summed E-state index contributed by atoms with van der Waals surface area (Å²) < 4.78 is 45.6. The Morgan fingerprint density at radius 2 is 1.40 bits per heavy atom. The summed E-state index contributed by atoms with van der Waals surface area (Å²) in [5.41, 5.74) is 0.958. The van der Waals surface area contributed by atoms with Gasteiger partial charge in [-0.3, -0.25) is 4.79 Å². The van der Waals surface area contributed by atoms with Gasteiger partial charge in [0.1, 0.15) is 6.04 Å². The number of ether oxygens (including phenoxy) is 3. The molecule has 3 aromatic carbocycles. The number of methoxy groups -OCH3 is 3. The summed E-state index contributed by atoms with van der Waals surface area (Å²) in [4.78, 5) is 24.2. The maximum absolute atomic E-state index is 12.9. The van der Waals surface area contributed by atoms with E-state index < -0.39 is 34.0 Å². The first-order valence-corrected chi connectivity index (χ1v) is 14.4. The summed E-state index contributed by atoms with van der Waals surface area (Å²) in [7, 11) is 0.388. The monoisotopic (exact) mass is 587 g/mol. The van der Waals surface area contributed by atoms with Gasteiger partial charge in [-0.05, 0) is 30.2 Å². The molecule has 2 amide bonds. The maximum Gasteiger partial charge on any atom is 0.323 e. The molecule has 1 aromatic heterocycles. The topological polar surface area (TPSA) is 152 Å². The van der Waals surface area contributed by atoms with Gasteiger partial charge in [0.25, 0.3) is 0 Å². The minimum atomic E-state index is -4.06. The molecule has 40 heavy (non-hydrogen) atoms. The zero-order valence-electron chi connectivity index (χ0n) is 22.4. The van der Waals surface area contributed by atoms with Gasteiger partial charge in [-0.15, -0.1) is 11.3 Å². The number of nitrogens with one attached hydrogen (secondary N) is 3. The predicted molar refractivity (Wildman–Crippen MR) is 155 cm³/mol. The van der Waals surface area contributed by atoms with Crippen LogP contribution in [0, 0.1) is 5.92 Å². The van der Waals surface area contributed by atoms with Crippen LogP contribution in [0.4, 0.5) is 16.2 Å². The van der Waals surface area contributed by atoms with Crippen LogP contribution in [0.1, 0.15) is 13.8 Å². The van der Waals surface area contributed by atoms with Crippen LogP contribution in [0.3, 0.4) is 0 Å². The minimum absolute atomic E-state index is 0.0264. The number of thiophene rings is 1. The van der Waals surface area contributed by atoms with E-state index in [0.717, 1.165) is 15.5 Å². The van der Waals surface area contributed by atoms with Crippen LogP contribution in [0.15, 0.2) is 53.4 Å². The number of carboxylic acids is 1. The molecule has 0 aliphatic carbocycles. The second kappa shape index (κ2) is 11.6. The van der Waals surface area contributed by atoms with E-state index in [0.29, 0.717) is 33.3 Å². The van der Waals surface area contributed by atoms with E-state index in [2.05, 4.69) is 15.4 Å². The molecule has 0 aliphatic rings. The number of rotatable bonds is 10. The maximum atomic E-state index is 12.9. The highest BCUT2D eigenvalue weighted by atomic mass is 32.2. The van der Waals surface area contributed by atoms with Gasteiger partial charge in [-0.1, -0.05) is 26.0 Å². The first kappa shape index (κ1) is 28.9. The van der Waals surface area contributed by atoms with Crippen molar-refractivity contribution in [1.82, 2.24) is 4.72 Å². The Labute approximate surface area is 235 Å². The van der Waals surface area contributed by atoms with E-state index in [9.17, 15) is 23.1 Å². The van der Waals surface area contributed by atoms with Gasteiger partial charge < -0.3 is 30.0 Å². The molecule has 4 aromatic rings. The Morgan fingerprint density at radius 1 is 0.825 bits per heavy atom. The predicted octanol–water partition coefficient (Wildman–Crippen LogP) is 5.11. The van der Waals surface area contributed by atoms with E-state index in [1.54, 1.807) is 44.2 Å². The van der Waals surface area contributed by atoms with Crippen LogP contribution in [-0.2, 0) is 14.8 Å². The number of fused-ring (bicyclic) bond motifs is 3. The normalized spacial score (nSPS) is 12.3. The molecular weight excluding hydrogens is 558 g/mol. The smallest absolute Gasteiger partial charge is 0.323 e. The van der Waals surface area contributed by atoms with Crippen molar-refractivity contribution >= 4 is 64.9 Å². The fourth-order valence-electron chi connectivity index (χ4n) is 4.16. The highest BCUT2D eigenvalue weighted by Crippen LogP contribution is 2.40. The second-order valence-corrected chi connectivity index (χ2v) is 11.9. The van der Waals surface area contributed by atoms with E-state index in [4.69, 9.17) is 14.2 Å². The molecular formula is C27H29N3O8S2. The number of amides is 2. The molecule has 212 valence electrons.